The topological polar surface area (TPSA) is 119 Å². The molecule has 0 radical (unpaired) electrons. The van der Waals surface area contributed by atoms with E-state index in [-0.39, 0.29) is 11.4 Å². The Bertz CT molecular complexity index is 556. The van der Waals surface area contributed by atoms with E-state index < -0.39 is 22.0 Å². The zero-order valence-electron chi connectivity index (χ0n) is 11.8. The number of hydrogen-bond donors (Lipinski definition) is 3. The monoisotopic (exact) mass is 316 g/mol. The van der Waals surface area contributed by atoms with Crippen LogP contribution in [0.15, 0.2) is 29.2 Å². The van der Waals surface area contributed by atoms with Crippen molar-refractivity contribution >= 4 is 16.0 Å². The molecule has 0 saturated carbocycles. The molecule has 1 aromatic rings. The van der Waals surface area contributed by atoms with Gasteiger partial charge in [-0.25, -0.2) is 8.42 Å². The molecule has 21 heavy (non-hydrogen) atoms. The third-order valence-corrected chi connectivity index (χ3v) is 4.22. The number of nitrogens with one attached hydrogen (secondary N) is 1. The van der Waals surface area contributed by atoms with Gasteiger partial charge in [0.05, 0.1) is 11.5 Å². The van der Waals surface area contributed by atoms with E-state index in [1.165, 1.54) is 24.3 Å². The third kappa shape index (κ3) is 5.33. The molecular formula is C13H20N2O5S. The van der Waals surface area contributed by atoms with Crippen molar-refractivity contribution in [2.75, 3.05) is 13.2 Å². The molecule has 0 amide bonds. The standard InChI is InChI=1S/C13H20N2O5S/c1-2-3-8-20-10-4-6-11(7-5-10)21(18,19)15-12(9-14)13(16)17/h4-7,12,15H,2-3,8-9,14H2,1H3,(H,16,17). The van der Waals surface area contributed by atoms with Crippen LogP contribution in [0.4, 0.5) is 0 Å². The average Bonchev–Trinajstić information content (AvgIpc) is 2.45. The Balaban J connectivity index is 2.77. The lowest BCUT2D eigenvalue weighted by atomic mass is 10.3. The number of rotatable bonds is 9. The smallest absolute Gasteiger partial charge is 0.323 e. The number of nitrogens with two attached hydrogens (primary N) is 1. The minimum atomic E-state index is -3.92. The predicted molar refractivity (Wildman–Crippen MR) is 77.6 cm³/mol. The Kier molecular flexibility index (Phi) is 6.60. The van der Waals surface area contributed by atoms with E-state index in [1.54, 1.807) is 0 Å². The number of sulfonamides is 1. The Morgan fingerprint density at radius 2 is 2.00 bits per heavy atom. The number of carbonyl (C=O) groups is 1. The third-order valence-electron chi connectivity index (χ3n) is 2.73. The zero-order valence-corrected chi connectivity index (χ0v) is 12.6. The lowest BCUT2D eigenvalue weighted by Crippen LogP contribution is -2.45. The van der Waals surface area contributed by atoms with Crippen LogP contribution in [0.1, 0.15) is 19.8 Å². The summed E-state index contributed by atoms with van der Waals surface area (Å²) < 4.78 is 31.5. The van der Waals surface area contributed by atoms with E-state index in [0.29, 0.717) is 12.4 Å². The number of unbranched alkanes of at least 4 members (excludes halogenated alkanes) is 1. The molecule has 0 aliphatic rings. The van der Waals surface area contributed by atoms with Crippen molar-refractivity contribution in [2.24, 2.45) is 5.73 Å². The highest BCUT2D eigenvalue weighted by atomic mass is 32.2. The van der Waals surface area contributed by atoms with Gasteiger partial charge in [0.15, 0.2) is 0 Å². The first-order chi connectivity index (χ1) is 9.90. The molecule has 0 spiro atoms. The summed E-state index contributed by atoms with van der Waals surface area (Å²) in [5.41, 5.74) is 5.22. The second-order valence-electron chi connectivity index (χ2n) is 4.42. The molecule has 0 aliphatic carbocycles. The highest BCUT2D eigenvalue weighted by Crippen LogP contribution is 2.16. The van der Waals surface area contributed by atoms with Gasteiger partial charge in [-0.3, -0.25) is 4.79 Å². The molecule has 118 valence electrons. The van der Waals surface area contributed by atoms with Gasteiger partial charge in [-0.15, -0.1) is 0 Å². The van der Waals surface area contributed by atoms with Crippen molar-refractivity contribution in [3.05, 3.63) is 24.3 Å². The fourth-order valence-electron chi connectivity index (χ4n) is 1.50. The van der Waals surface area contributed by atoms with E-state index in [2.05, 4.69) is 0 Å². The summed E-state index contributed by atoms with van der Waals surface area (Å²) in [5, 5.41) is 8.82. The average molecular weight is 316 g/mol. The molecular weight excluding hydrogens is 296 g/mol. The fourth-order valence-corrected chi connectivity index (χ4v) is 2.71. The first kappa shape index (κ1) is 17.4. The van der Waals surface area contributed by atoms with Crippen LogP contribution in [0.25, 0.3) is 0 Å². The Morgan fingerprint density at radius 1 is 1.38 bits per heavy atom. The van der Waals surface area contributed by atoms with Crippen molar-refractivity contribution in [2.45, 2.75) is 30.7 Å². The van der Waals surface area contributed by atoms with E-state index in [0.717, 1.165) is 12.8 Å². The van der Waals surface area contributed by atoms with Crippen molar-refractivity contribution in [3.63, 3.8) is 0 Å². The largest absolute Gasteiger partial charge is 0.494 e. The molecule has 0 saturated heterocycles. The van der Waals surface area contributed by atoms with Gasteiger partial charge in [0.25, 0.3) is 0 Å². The maximum Gasteiger partial charge on any atom is 0.323 e. The van der Waals surface area contributed by atoms with Crippen molar-refractivity contribution in [1.82, 2.24) is 4.72 Å². The molecule has 0 bridgehead atoms. The van der Waals surface area contributed by atoms with Crippen molar-refractivity contribution in [1.29, 1.82) is 0 Å². The van der Waals surface area contributed by atoms with Crippen LogP contribution >= 0.6 is 0 Å². The van der Waals surface area contributed by atoms with E-state index in [1.807, 2.05) is 11.6 Å². The lowest BCUT2D eigenvalue weighted by molar-refractivity contribution is -0.138. The Hall–Kier alpha value is -1.64. The highest BCUT2D eigenvalue weighted by Gasteiger charge is 2.24. The Morgan fingerprint density at radius 3 is 2.48 bits per heavy atom. The molecule has 0 aliphatic heterocycles. The van der Waals surface area contributed by atoms with Gasteiger partial charge in [0, 0.05) is 6.54 Å². The van der Waals surface area contributed by atoms with Gasteiger partial charge < -0.3 is 15.6 Å². The van der Waals surface area contributed by atoms with E-state index in [9.17, 15) is 13.2 Å². The van der Waals surface area contributed by atoms with Crippen molar-refractivity contribution in [3.8, 4) is 5.75 Å². The summed E-state index contributed by atoms with van der Waals surface area (Å²) >= 11 is 0. The van der Waals surface area contributed by atoms with Crippen molar-refractivity contribution < 1.29 is 23.1 Å². The quantitative estimate of drug-likeness (QED) is 0.573. The molecule has 1 aromatic carbocycles. The van der Waals surface area contributed by atoms with E-state index >= 15 is 0 Å². The van der Waals surface area contributed by atoms with Gasteiger partial charge >= 0.3 is 5.97 Å². The number of benzene rings is 1. The number of hydrogen-bond acceptors (Lipinski definition) is 5. The molecule has 1 unspecified atom stereocenters. The second kappa shape index (κ2) is 7.96. The molecule has 1 rings (SSSR count). The summed E-state index contributed by atoms with van der Waals surface area (Å²) in [6.45, 7) is 2.28. The van der Waals surface area contributed by atoms with Gasteiger partial charge in [-0.05, 0) is 30.7 Å². The van der Waals surface area contributed by atoms with Crippen LogP contribution in [-0.4, -0.2) is 38.7 Å². The predicted octanol–water partition coefficient (Wildman–Crippen LogP) is 0.556. The van der Waals surface area contributed by atoms with Crippen LogP contribution in [0.5, 0.6) is 5.75 Å². The normalized spacial score (nSPS) is 12.9. The Labute approximate surface area is 124 Å². The van der Waals surface area contributed by atoms with Crippen LogP contribution in [-0.2, 0) is 14.8 Å². The van der Waals surface area contributed by atoms with Gasteiger partial charge in [-0.1, -0.05) is 13.3 Å². The molecule has 7 nitrogen and oxygen atoms in total. The summed E-state index contributed by atoms with van der Waals surface area (Å²) in [6.07, 6.45) is 1.92. The molecule has 1 atom stereocenters. The molecule has 0 heterocycles. The lowest BCUT2D eigenvalue weighted by Gasteiger charge is -2.13. The number of carboxylic acids is 1. The maximum absolute atomic E-state index is 12.0. The zero-order chi connectivity index (χ0) is 15.9. The first-order valence-corrected chi connectivity index (χ1v) is 8.07. The molecule has 0 aromatic heterocycles. The highest BCUT2D eigenvalue weighted by molar-refractivity contribution is 7.89. The summed E-state index contributed by atoms with van der Waals surface area (Å²) in [5.74, 6) is -0.753. The van der Waals surface area contributed by atoms with Crippen LogP contribution in [0.3, 0.4) is 0 Å². The van der Waals surface area contributed by atoms with Gasteiger partial charge in [0.2, 0.25) is 10.0 Å². The molecule has 4 N–H and O–H groups in total. The maximum atomic E-state index is 12.0. The summed E-state index contributed by atoms with van der Waals surface area (Å²) in [6, 6.07) is 4.43. The molecule has 8 heteroatoms. The van der Waals surface area contributed by atoms with Crippen LogP contribution in [0, 0.1) is 0 Å². The summed E-state index contributed by atoms with van der Waals surface area (Å²) in [7, 11) is -3.92. The number of aliphatic carboxylic acids is 1. The fraction of sp³-hybridized carbons (Fsp3) is 0.462. The SMILES string of the molecule is CCCCOc1ccc(S(=O)(=O)NC(CN)C(=O)O)cc1. The number of carboxylic acid groups (broad SMARTS) is 1. The minimum Gasteiger partial charge on any atom is -0.494 e. The second-order valence-corrected chi connectivity index (χ2v) is 6.14. The van der Waals surface area contributed by atoms with Crippen LogP contribution < -0.4 is 15.2 Å². The molecule has 0 fully saturated rings. The summed E-state index contributed by atoms with van der Waals surface area (Å²) in [4.78, 5) is 10.8. The van der Waals surface area contributed by atoms with Gasteiger partial charge in [0.1, 0.15) is 11.8 Å². The number of ether oxygens (including phenoxy) is 1. The van der Waals surface area contributed by atoms with Gasteiger partial charge in [-0.2, -0.15) is 4.72 Å². The van der Waals surface area contributed by atoms with E-state index in [4.69, 9.17) is 15.6 Å². The van der Waals surface area contributed by atoms with Crippen LogP contribution in [0.2, 0.25) is 0 Å². The minimum absolute atomic E-state index is 0.0370. The first-order valence-electron chi connectivity index (χ1n) is 6.58.